The molecule has 9 nitrogen and oxygen atoms in total. The molecule has 0 aromatic heterocycles. The number of esters is 2. The summed E-state index contributed by atoms with van der Waals surface area (Å²) in [7, 11) is 1.51. The van der Waals surface area contributed by atoms with Crippen molar-refractivity contribution in [1.29, 1.82) is 0 Å². The number of piperidine rings is 1. The van der Waals surface area contributed by atoms with E-state index in [1.165, 1.54) is 19.2 Å². The summed E-state index contributed by atoms with van der Waals surface area (Å²) in [4.78, 5) is 39.4. The smallest absolute Gasteiger partial charge is 0.327 e. The average Bonchev–Trinajstić information content (AvgIpc) is 2.91. The predicted molar refractivity (Wildman–Crippen MR) is 143 cm³/mol. The van der Waals surface area contributed by atoms with Gasteiger partial charge >= 0.3 is 11.9 Å². The van der Waals surface area contributed by atoms with Gasteiger partial charge < -0.3 is 23.8 Å². The van der Waals surface area contributed by atoms with Crippen molar-refractivity contribution >= 4 is 41.0 Å². The molecular formula is C27H32Cl2N2O7. The van der Waals surface area contributed by atoms with E-state index < -0.39 is 18.0 Å². The molecule has 206 valence electrons. The van der Waals surface area contributed by atoms with E-state index in [-0.39, 0.29) is 41.5 Å². The first kappa shape index (κ1) is 29.5. The van der Waals surface area contributed by atoms with Crippen molar-refractivity contribution in [3.05, 3.63) is 51.5 Å². The second-order valence-corrected chi connectivity index (χ2v) is 9.32. The third kappa shape index (κ3) is 7.52. The highest BCUT2D eigenvalue weighted by Crippen LogP contribution is 2.40. The van der Waals surface area contributed by atoms with Gasteiger partial charge in [0.05, 0.1) is 42.5 Å². The zero-order valence-electron chi connectivity index (χ0n) is 21.7. The molecule has 0 radical (unpaired) electrons. The van der Waals surface area contributed by atoms with Gasteiger partial charge in [-0.2, -0.15) is 0 Å². The van der Waals surface area contributed by atoms with Crippen LogP contribution in [0.1, 0.15) is 55.1 Å². The minimum atomic E-state index is -1.02. The minimum Gasteiger partial charge on any atom is -0.496 e. The summed E-state index contributed by atoms with van der Waals surface area (Å²) in [5, 5.41) is 3.08. The van der Waals surface area contributed by atoms with E-state index in [4.69, 9.17) is 42.1 Å². The van der Waals surface area contributed by atoms with Crippen molar-refractivity contribution in [2.75, 3.05) is 40.0 Å². The Morgan fingerprint density at radius 1 is 0.974 bits per heavy atom. The van der Waals surface area contributed by atoms with Gasteiger partial charge in [-0.1, -0.05) is 23.2 Å². The molecule has 0 saturated carbocycles. The number of rotatable bonds is 11. The van der Waals surface area contributed by atoms with Crippen LogP contribution in [-0.2, 0) is 19.1 Å². The van der Waals surface area contributed by atoms with Gasteiger partial charge in [0.25, 0.3) is 5.91 Å². The van der Waals surface area contributed by atoms with Gasteiger partial charge in [-0.15, -0.1) is 0 Å². The molecule has 0 aliphatic carbocycles. The number of likely N-dealkylation sites (tertiary alicyclic amines) is 1. The third-order valence-electron chi connectivity index (χ3n) is 5.90. The maximum Gasteiger partial charge on any atom is 0.327 e. The topological polar surface area (TPSA) is 103 Å². The summed E-state index contributed by atoms with van der Waals surface area (Å²) in [5.41, 5.74) is 0.757. The number of ether oxygens (including phenoxy) is 4. The number of carbonyl (C=O) groups is 3. The molecule has 1 atom stereocenters. The van der Waals surface area contributed by atoms with Crippen LogP contribution in [0.3, 0.4) is 0 Å². The van der Waals surface area contributed by atoms with E-state index in [1.807, 2.05) is 0 Å². The van der Waals surface area contributed by atoms with Gasteiger partial charge in [0.15, 0.2) is 5.75 Å². The number of nitrogens with one attached hydrogen (secondary N) is 1. The lowest BCUT2D eigenvalue weighted by Crippen LogP contribution is -2.35. The van der Waals surface area contributed by atoms with E-state index >= 15 is 0 Å². The minimum absolute atomic E-state index is 0.124. The van der Waals surface area contributed by atoms with E-state index in [0.29, 0.717) is 35.7 Å². The first-order chi connectivity index (χ1) is 18.3. The van der Waals surface area contributed by atoms with Crippen LogP contribution in [0.5, 0.6) is 17.2 Å². The Balaban J connectivity index is 1.86. The van der Waals surface area contributed by atoms with Gasteiger partial charge in [-0.3, -0.25) is 14.9 Å². The number of nitrogens with zero attached hydrogens (tertiary/aromatic N) is 1. The second-order valence-electron chi connectivity index (χ2n) is 8.50. The Morgan fingerprint density at radius 3 is 2.24 bits per heavy atom. The molecule has 1 aliphatic heterocycles. The lowest BCUT2D eigenvalue weighted by atomic mass is 10.1. The zero-order valence-corrected chi connectivity index (χ0v) is 23.2. The SMILES string of the molecule is CCOC(=O)CNC(C(=O)OCC)c1cc(Cl)c(Oc2ccc(OC)c(C(=O)N3CCCCC3)c2)c(Cl)c1. The normalized spacial score (nSPS) is 14.0. The standard InChI is InChI=1S/C27H32Cl2N2O7/c1-4-36-23(32)16-30-24(27(34)37-5-2)17-13-20(28)25(21(29)14-17)38-18-9-10-22(35-3)19(15-18)26(33)31-11-7-6-8-12-31/h9-10,13-15,24,30H,4-8,11-12,16H2,1-3H3. The van der Waals surface area contributed by atoms with Crippen molar-refractivity contribution in [3.63, 3.8) is 0 Å². The van der Waals surface area contributed by atoms with E-state index in [2.05, 4.69) is 5.32 Å². The van der Waals surface area contributed by atoms with Crippen LogP contribution in [0.4, 0.5) is 0 Å². The van der Waals surface area contributed by atoms with Gasteiger partial charge in [0.2, 0.25) is 0 Å². The summed E-state index contributed by atoms with van der Waals surface area (Å²) in [6.07, 6.45) is 3.03. The number of methoxy groups -OCH3 is 1. The van der Waals surface area contributed by atoms with Gasteiger partial charge in [0.1, 0.15) is 17.5 Å². The maximum atomic E-state index is 13.2. The molecular weight excluding hydrogens is 535 g/mol. The predicted octanol–water partition coefficient (Wildman–Crippen LogP) is 5.18. The number of halogens is 2. The van der Waals surface area contributed by atoms with Crippen molar-refractivity contribution < 1.29 is 33.3 Å². The highest BCUT2D eigenvalue weighted by Gasteiger charge is 2.26. The number of hydrogen-bond acceptors (Lipinski definition) is 8. The Morgan fingerprint density at radius 2 is 1.63 bits per heavy atom. The molecule has 1 N–H and O–H groups in total. The molecule has 1 heterocycles. The molecule has 1 saturated heterocycles. The van der Waals surface area contributed by atoms with Crippen molar-refractivity contribution in [2.45, 2.75) is 39.2 Å². The molecule has 2 aromatic rings. The van der Waals surface area contributed by atoms with Crippen LogP contribution in [-0.4, -0.2) is 62.7 Å². The first-order valence-corrected chi connectivity index (χ1v) is 13.2. The zero-order chi connectivity index (χ0) is 27.7. The Hall–Kier alpha value is -3.01. The van der Waals surface area contributed by atoms with Crippen LogP contribution in [0.15, 0.2) is 30.3 Å². The Labute approximate surface area is 232 Å². The summed E-state index contributed by atoms with van der Waals surface area (Å²) < 4.78 is 21.5. The molecule has 1 fully saturated rings. The van der Waals surface area contributed by atoms with E-state index in [0.717, 1.165) is 19.3 Å². The van der Waals surface area contributed by atoms with Crippen molar-refractivity contribution in [3.8, 4) is 17.2 Å². The van der Waals surface area contributed by atoms with Crippen LogP contribution in [0.25, 0.3) is 0 Å². The molecule has 3 rings (SSSR count). The van der Waals surface area contributed by atoms with Crippen molar-refractivity contribution in [2.24, 2.45) is 0 Å². The fraction of sp³-hybridized carbons (Fsp3) is 0.444. The van der Waals surface area contributed by atoms with Crippen LogP contribution >= 0.6 is 23.2 Å². The lowest BCUT2D eigenvalue weighted by Gasteiger charge is -2.27. The number of amides is 1. The van der Waals surface area contributed by atoms with Gasteiger partial charge in [0, 0.05) is 13.1 Å². The molecule has 38 heavy (non-hydrogen) atoms. The molecule has 0 spiro atoms. The summed E-state index contributed by atoms with van der Waals surface area (Å²) in [5.74, 6) is -0.339. The van der Waals surface area contributed by atoms with Gasteiger partial charge in [-0.25, -0.2) is 4.79 Å². The van der Waals surface area contributed by atoms with Crippen LogP contribution in [0, 0.1) is 0 Å². The lowest BCUT2D eigenvalue weighted by molar-refractivity contribution is -0.146. The number of carbonyl (C=O) groups excluding carboxylic acids is 3. The molecule has 1 amide bonds. The molecule has 0 bridgehead atoms. The molecule has 2 aromatic carbocycles. The maximum absolute atomic E-state index is 13.2. The highest BCUT2D eigenvalue weighted by atomic mass is 35.5. The van der Waals surface area contributed by atoms with Crippen LogP contribution < -0.4 is 14.8 Å². The van der Waals surface area contributed by atoms with Crippen molar-refractivity contribution in [1.82, 2.24) is 10.2 Å². The highest BCUT2D eigenvalue weighted by molar-refractivity contribution is 6.37. The van der Waals surface area contributed by atoms with E-state index in [1.54, 1.807) is 36.9 Å². The first-order valence-electron chi connectivity index (χ1n) is 12.5. The monoisotopic (exact) mass is 566 g/mol. The largest absolute Gasteiger partial charge is 0.496 e. The molecule has 1 unspecified atom stereocenters. The summed E-state index contributed by atoms with van der Waals surface area (Å²) in [6.45, 7) is 4.89. The summed E-state index contributed by atoms with van der Waals surface area (Å²) in [6, 6.07) is 6.89. The van der Waals surface area contributed by atoms with Gasteiger partial charge in [-0.05, 0) is 69.0 Å². The molecule has 11 heteroatoms. The number of hydrogen-bond donors (Lipinski definition) is 1. The van der Waals surface area contributed by atoms with Crippen LogP contribution in [0.2, 0.25) is 10.0 Å². The number of benzene rings is 2. The Bertz CT molecular complexity index is 1130. The summed E-state index contributed by atoms with van der Waals surface area (Å²) >= 11 is 13.0. The Kier molecular flexibility index (Phi) is 11.1. The fourth-order valence-corrected chi connectivity index (χ4v) is 4.69. The third-order valence-corrected chi connectivity index (χ3v) is 6.46. The average molecular weight is 567 g/mol. The quantitative estimate of drug-likeness (QED) is 0.371. The fourth-order valence-electron chi connectivity index (χ4n) is 4.11. The molecule has 1 aliphatic rings. The van der Waals surface area contributed by atoms with E-state index in [9.17, 15) is 14.4 Å². The second kappa shape index (κ2) is 14.2.